The van der Waals surface area contributed by atoms with Crippen LogP contribution in [0.4, 0.5) is 17.6 Å². The number of alkyl halides is 3. The van der Waals surface area contributed by atoms with Gasteiger partial charge in [-0.15, -0.1) is 0 Å². The van der Waals surface area contributed by atoms with Crippen LogP contribution in [0.3, 0.4) is 0 Å². The molecule has 3 rings (SSSR count). The topological polar surface area (TPSA) is 17.8 Å². The maximum Gasteiger partial charge on any atom is 0.449 e. The van der Waals surface area contributed by atoms with Crippen LogP contribution in [0.25, 0.3) is 11.0 Å². The summed E-state index contributed by atoms with van der Waals surface area (Å²) in [5, 5.41) is 0.0749. The van der Waals surface area contributed by atoms with Gasteiger partial charge in [-0.3, -0.25) is 0 Å². The highest BCUT2D eigenvalue weighted by molar-refractivity contribution is 6.31. The van der Waals surface area contributed by atoms with Gasteiger partial charge in [0, 0.05) is 10.6 Å². The van der Waals surface area contributed by atoms with E-state index in [1.807, 2.05) is 0 Å². The molecule has 22 heavy (non-hydrogen) atoms. The van der Waals surface area contributed by atoms with E-state index in [1.165, 1.54) is 24.3 Å². The van der Waals surface area contributed by atoms with Gasteiger partial charge < -0.3 is 4.57 Å². The zero-order chi connectivity index (χ0) is 15.9. The maximum atomic E-state index is 13.9. The highest BCUT2D eigenvalue weighted by Crippen LogP contribution is 2.33. The largest absolute Gasteiger partial charge is 0.449 e. The van der Waals surface area contributed by atoms with E-state index in [-0.39, 0.29) is 28.2 Å². The summed E-state index contributed by atoms with van der Waals surface area (Å²) in [7, 11) is 0. The smallest absolute Gasteiger partial charge is 0.316 e. The lowest BCUT2D eigenvalue weighted by Gasteiger charge is -2.13. The van der Waals surface area contributed by atoms with Gasteiger partial charge in [-0.1, -0.05) is 29.8 Å². The van der Waals surface area contributed by atoms with E-state index in [4.69, 9.17) is 11.6 Å². The number of hydrogen-bond acceptors (Lipinski definition) is 1. The summed E-state index contributed by atoms with van der Waals surface area (Å²) >= 11 is 5.91. The van der Waals surface area contributed by atoms with Crippen LogP contribution in [-0.2, 0) is 12.7 Å². The third-order valence-corrected chi connectivity index (χ3v) is 3.64. The fourth-order valence-corrected chi connectivity index (χ4v) is 2.52. The van der Waals surface area contributed by atoms with Gasteiger partial charge in [0.15, 0.2) is 0 Å². The van der Waals surface area contributed by atoms with Gasteiger partial charge in [-0.2, -0.15) is 13.2 Å². The Labute approximate surface area is 128 Å². The lowest BCUT2D eigenvalue weighted by Crippen LogP contribution is -2.16. The monoisotopic (exact) mass is 328 g/mol. The molecular formula is C15H9ClF4N2. The number of benzene rings is 2. The van der Waals surface area contributed by atoms with Crippen LogP contribution < -0.4 is 0 Å². The SMILES string of the molecule is Fc1cccc(Cl)c1Cn1c(C(F)(F)F)nc2ccccc21. The number of fused-ring (bicyclic) bond motifs is 1. The van der Waals surface area contributed by atoms with Crippen molar-refractivity contribution in [3.63, 3.8) is 0 Å². The van der Waals surface area contributed by atoms with E-state index in [1.54, 1.807) is 12.1 Å². The molecule has 2 aromatic carbocycles. The van der Waals surface area contributed by atoms with Crippen LogP contribution >= 0.6 is 11.6 Å². The molecule has 0 aliphatic carbocycles. The Balaban J connectivity index is 2.21. The van der Waals surface area contributed by atoms with E-state index in [0.29, 0.717) is 0 Å². The second kappa shape index (κ2) is 5.28. The zero-order valence-electron chi connectivity index (χ0n) is 11.0. The van der Waals surface area contributed by atoms with Crippen LogP contribution in [0, 0.1) is 5.82 Å². The summed E-state index contributed by atoms with van der Waals surface area (Å²) in [6, 6.07) is 10.2. The quantitative estimate of drug-likeness (QED) is 0.612. The molecule has 0 unspecified atom stereocenters. The van der Waals surface area contributed by atoms with Crippen molar-refractivity contribution in [2.45, 2.75) is 12.7 Å². The van der Waals surface area contributed by atoms with E-state index in [0.717, 1.165) is 10.6 Å². The fraction of sp³-hybridized carbons (Fsp3) is 0.133. The molecule has 7 heteroatoms. The molecule has 0 radical (unpaired) electrons. The van der Waals surface area contributed by atoms with Gasteiger partial charge in [0.05, 0.1) is 17.6 Å². The molecule has 0 N–H and O–H groups in total. The summed E-state index contributed by atoms with van der Waals surface area (Å²) in [5.74, 6) is -1.73. The molecule has 0 saturated carbocycles. The minimum atomic E-state index is -4.64. The predicted molar refractivity (Wildman–Crippen MR) is 75.2 cm³/mol. The van der Waals surface area contributed by atoms with Crippen molar-refractivity contribution < 1.29 is 17.6 Å². The van der Waals surface area contributed by atoms with Crippen molar-refractivity contribution >= 4 is 22.6 Å². The van der Waals surface area contributed by atoms with Crippen LogP contribution in [0.15, 0.2) is 42.5 Å². The molecule has 3 aromatic rings. The van der Waals surface area contributed by atoms with Gasteiger partial charge in [-0.05, 0) is 24.3 Å². The van der Waals surface area contributed by atoms with Gasteiger partial charge in [0.2, 0.25) is 5.82 Å². The minimum Gasteiger partial charge on any atom is -0.316 e. The highest BCUT2D eigenvalue weighted by atomic mass is 35.5. The summed E-state index contributed by atoms with van der Waals surface area (Å²) in [5.41, 5.74) is 0.467. The Morgan fingerprint density at radius 2 is 1.77 bits per heavy atom. The molecule has 0 aliphatic heterocycles. The summed E-state index contributed by atoms with van der Waals surface area (Å²) in [6.07, 6.45) is -4.64. The van der Waals surface area contributed by atoms with Crippen LogP contribution in [0.1, 0.15) is 11.4 Å². The Morgan fingerprint density at radius 3 is 2.45 bits per heavy atom. The number of halogens is 5. The van der Waals surface area contributed by atoms with E-state index >= 15 is 0 Å². The molecule has 0 amide bonds. The molecular weight excluding hydrogens is 320 g/mol. The Bertz CT molecular complexity index is 819. The molecule has 2 nitrogen and oxygen atoms in total. The van der Waals surface area contributed by atoms with E-state index in [2.05, 4.69) is 4.98 Å². The second-order valence-electron chi connectivity index (χ2n) is 4.71. The Hall–Kier alpha value is -2.08. The van der Waals surface area contributed by atoms with Crippen molar-refractivity contribution in [2.24, 2.45) is 0 Å². The van der Waals surface area contributed by atoms with Crippen molar-refractivity contribution in [1.82, 2.24) is 9.55 Å². The lowest BCUT2D eigenvalue weighted by atomic mass is 10.2. The summed E-state index contributed by atoms with van der Waals surface area (Å²) in [6.45, 7) is -0.346. The number of imidazole rings is 1. The first kappa shape index (κ1) is 14.8. The average molecular weight is 329 g/mol. The molecule has 0 atom stereocenters. The normalized spacial score (nSPS) is 12.0. The molecule has 1 heterocycles. The number of aromatic nitrogens is 2. The fourth-order valence-electron chi connectivity index (χ4n) is 2.29. The Kier molecular flexibility index (Phi) is 3.56. The maximum absolute atomic E-state index is 13.9. The van der Waals surface area contributed by atoms with Gasteiger partial charge in [-0.25, -0.2) is 9.37 Å². The first-order chi connectivity index (χ1) is 10.4. The molecule has 0 fully saturated rings. The van der Waals surface area contributed by atoms with Gasteiger partial charge in [0.1, 0.15) is 5.82 Å². The lowest BCUT2D eigenvalue weighted by molar-refractivity contribution is -0.146. The molecule has 0 saturated heterocycles. The third-order valence-electron chi connectivity index (χ3n) is 3.29. The summed E-state index contributed by atoms with van der Waals surface area (Å²) < 4.78 is 54.3. The third kappa shape index (κ3) is 2.54. The van der Waals surface area contributed by atoms with E-state index in [9.17, 15) is 17.6 Å². The molecule has 114 valence electrons. The van der Waals surface area contributed by atoms with Crippen molar-refractivity contribution in [3.8, 4) is 0 Å². The van der Waals surface area contributed by atoms with Crippen LogP contribution in [0.2, 0.25) is 5.02 Å². The molecule has 0 aliphatic rings. The van der Waals surface area contributed by atoms with Crippen LogP contribution in [0.5, 0.6) is 0 Å². The number of nitrogens with zero attached hydrogens (tertiary/aromatic N) is 2. The number of rotatable bonds is 2. The van der Waals surface area contributed by atoms with Crippen LogP contribution in [-0.4, -0.2) is 9.55 Å². The second-order valence-corrected chi connectivity index (χ2v) is 5.12. The van der Waals surface area contributed by atoms with Gasteiger partial charge in [0.25, 0.3) is 0 Å². The van der Waals surface area contributed by atoms with E-state index < -0.39 is 17.8 Å². The van der Waals surface area contributed by atoms with Crippen molar-refractivity contribution in [3.05, 3.63) is 64.7 Å². The predicted octanol–water partition coefficient (Wildman–Crippen LogP) is 4.90. The Morgan fingerprint density at radius 1 is 1.05 bits per heavy atom. The first-order valence-corrected chi connectivity index (χ1v) is 6.71. The number of hydrogen-bond donors (Lipinski definition) is 0. The molecule has 1 aromatic heterocycles. The first-order valence-electron chi connectivity index (χ1n) is 6.33. The van der Waals surface area contributed by atoms with Crippen molar-refractivity contribution in [2.75, 3.05) is 0 Å². The number of para-hydroxylation sites is 2. The van der Waals surface area contributed by atoms with Crippen molar-refractivity contribution in [1.29, 1.82) is 0 Å². The zero-order valence-corrected chi connectivity index (χ0v) is 11.8. The molecule has 0 spiro atoms. The summed E-state index contributed by atoms with van der Waals surface area (Å²) in [4.78, 5) is 3.61. The minimum absolute atomic E-state index is 0.00202. The van der Waals surface area contributed by atoms with Gasteiger partial charge >= 0.3 is 6.18 Å². The highest BCUT2D eigenvalue weighted by Gasteiger charge is 2.37. The molecule has 0 bridgehead atoms. The standard InChI is InChI=1S/C15H9ClF4N2/c16-10-4-3-5-11(17)9(10)8-22-13-7-2-1-6-12(13)21-14(22)15(18,19)20/h1-7H,8H2. The average Bonchev–Trinajstić information content (AvgIpc) is 2.82.